The van der Waals surface area contributed by atoms with Crippen LogP contribution in [0.3, 0.4) is 0 Å². The van der Waals surface area contributed by atoms with Gasteiger partial charge < -0.3 is 0 Å². The molecule has 0 radical (unpaired) electrons. The molecule has 0 saturated carbocycles. The highest BCUT2D eigenvalue weighted by molar-refractivity contribution is 8.21. The summed E-state index contributed by atoms with van der Waals surface area (Å²) < 4.78 is 0.313. The summed E-state index contributed by atoms with van der Waals surface area (Å²) in [6.07, 6.45) is 1.35. The summed E-state index contributed by atoms with van der Waals surface area (Å²) in [5, 5.41) is 0. The molecule has 3 heteroatoms. The summed E-state index contributed by atoms with van der Waals surface area (Å²) in [5.41, 5.74) is 2.95. The average molecular weight is 359 g/mol. The van der Waals surface area contributed by atoms with E-state index in [2.05, 4.69) is 104 Å². The Hall–Kier alpha value is -0.643. The lowest BCUT2D eigenvalue weighted by Gasteiger charge is -2.50. The van der Waals surface area contributed by atoms with Crippen LogP contribution in [0.15, 0.2) is 60.7 Å². The summed E-state index contributed by atoms with van der Waals surface area (Å²) >= 11 is 4.48. The van der Waals surface area contributed by atoms with Crippen LogP contribution in [0.25, 0.3) is 0 Å². The third kappa shape index (κ3) is 3.42. The lowest BCUT2D eigenvalue weighted by Crippen LogP contribution is -2.53. The summed E-state index contributed by atoms with van der Waals surface area (Å²) in [4.78, 5) is 0. The Balaban J connectivity index is 2.17. The number of hydrogen-bond acceptors (Lipinski definition) is 2. The first-order chi connectivity index (χ1) is 11.0. The summed E-state index contributed by atoms with van der Waals surface area (Å²) in [7, 11) is -1.41. The third-order valence-corrected chi connectivity index (χ3v) is 14.6. The van der Waals surface area contributed by atoms with Gasteiger partial charge in [-0.1, -0.05) is 80.3 Å². The van der Waals surface area contributed by atoms with Crippen molar-refractivity contribution in [3.05, 3.63) is 71.8 Å². The molecular formula is C20H26S2Si. The van der Waals surface area contributed by atoms with Gasteiger partial charge in [-0.3, -0.25) is 0 Å². The fourth-order valence-electron chi connectivity index (χ4n) is 3.50. The van der Waals surface area contributed by atoms with Crippen LogP contribution in [0.4, 0.5) is 0 Å². The molecule has 0 spiro atoms. The van der Waals surface area contributed by atoms with E-state index in [0.29, 0.717) is 9.62 Å². The molecule has 3 rings (SSSR count). The molecule has 0 amide bonds. The van der Waals surface area contributed by atoms with Crippen LogP contribution in [0, 0.1) is 0 Å². The van der Waals surface area contributed by atoms with E-state index in [9.17, 15) is 0 Å². The standard InChI is InChI=1S/C20H26S2Si/c1-23(2,3)20(21-15-10-16-22-20)19(17-11-6-4-7-12-17)18-13-8-5-9-14-18/h4-9,11-14,19H,10,15-16H2,1-3H3. The normalized spacial score (nSPS) is 18.1. The van der Waals surface area contributed by atoms with Crippen molar-refractivity contribution in [2.24, 2.45) is 0 Å². The van der Waals surface area contributed by atoms with E-state index >= 15 is 0 Å². The van der Waals surface area contributed by atoms with Crippen LogP contribution >= 0.6 is 23.5 Å². The minimum absolute atomic E-state index is 0.313. The van der Waals surface area contributed by atoms with Crippen LogP contribution in [-0.2, 0) is 0 Å². The van der Waals surface area contributed by atoms with E-state index in [4.69, 9.17) is 0 Å². The molecule has 1 heterocycles. The van der Waals surface area contributed by atoms with Crippen molar-refractivity contribution in [1.82, 2.24) is 0 Å². The van der Waals surface area contributed by atoms with Crippen molar-refractivity contribution >= 4 is 31.6 Å². The lowest BCUT2D eigenvalue weighted by atomic mass is 9.92. The quantitative estimate of drug-likeness (QED) is 0.591. The highest BCUT2D eigenvalue weighted by Crippen LogP contribution is 2.58. The summed E-state index contributed by atoms with van der Waals surface area (Å²) in [6, 6.07) is 22.4. The van der Waals surface area contributed by atoms with Crippen molar-refractivity contribution in [1.29, 1.82) is 0 Å². The molecule has 0 bridgehead atoms. The maximum absolute atomic E-state index is 2.55. The average Bonchev–Trinajstić information content (AvgIpc) is 2.57. The highest BCUT2D eigenvalue weighted by atomic mass is 32.2. The van der Waals surface area contributed by atoms with Crippen molar-refractivity contribution < 1.29 is 0 Å². The molecule has 122 valence electrons. The Bertz CT molecular complexity index is 574. The minimum atomic E-state index is -1.41. The fourth-order valence-corrected chi connectivity index (χ4v) is 11.9. The van der Waals surface area contributed by atoms with Gasteiger partial charge in [0.05, 0.1) is 11.8 Å². The molecule has 0 nitrogen and oxygen atoms in total. The van der Waals surface area contributed by atoms with E-state index in [-0.39, 0.29) is 0 Å². The highest BCUT2D eigenvalue weighted by Gasteiger charge is 2.52. The van der Waals surface area contributed by atoms with E-state index in [1.165, 1.54) is 29.1 Å². The second kappa shape index (κ2) is 7.08. The van der Waals surface area contributed by atoms with E-state index < -0.39 is 8.07 Å². The zero-order chi connectivity index (χ0) is 16.3. The van der Waals surface area contributed by atoms with Gasteiger partial charge >= 0.3 is 0 Å². The summed E-state index contributed by atoms with van der Waals surface area (Å²) in [6.45, 7) is 7.66. The molecule has 1 aliphatic rings. The Morgan fingerprint density at radius 3 is 1.61 bits per heavy atom. The smallest absolute Gasteiger partial charge is 0.0764 e. The number of benzene rings is 2. The van der Waals surface area contributed by atoms with E-state index in [0.717, 1.165) is 0 Å². The first kappa shape index (κ1) is 17.2. The third-order valence-electron chi connectivity index (χ3n) is 4.61. The first-order valence-electron chi connectivity index (χ1n) is 8.42. The maximum Gasteiger partial charge on any atom is 0.0764 e. The molecule has 1 aliphatic heterocycles. The zero-order valence-corrected chi connectivity index (χ0v) is 16.9. The van der Waals surface area contributed by atoms with Crippen LogP contribution in [0.2, 0.25) is 19.6 Å². The van der Waals surface area contributed by atoms with E-state index in [1.807, 2.05) is 0 Å². The Kier molecular flexibility index (Phi) is 5.29. The van der Waals surface area contributed by atoms with Crippen LogP contribution in [0.5, 0.6) is 0 Å². The molecule has 2 aromatic carbocycles. The predicted molar refractivity (Wildman–Crippen MR) is 110 cm³/mol. The first-order valence-corrected chi connectivity index (χ1v) is 13.9. The Labute approximate surface area is 150 Å². The summed E-state index contributed by atoms with van der Waals surface area (Å²) in [5.74, 6) is 3.08. The van der Waals surface area contributed by atoms with Gasteiger partial charge in [0.2, 0.25) is 0 Å². The molecule has 0 aromatic heterocycles. The fraction of sp³-hybridized carbons (Fsp3) is 0.400. The maximum atomic E-state index is 2.55. The topological polar surface area (TPSA) is 0 Å². The van der Waals surface area contributed by atoms with E-state index in [1.54, 1.807) is 0 Å². The molecule has 1 fully saturated rings. The van der Waals surface area contributed by atoms with Crippen LogP contribution in [-0.4, -0.2) is 23.3 Å². The van der Waals surface area contributed by atoms with Crippen molar-refractivity contribution in [2.75, 3.05) is 11.5 Å². The monoisotopic (exact) mass is 358 g/mol. The van der Waals surface area contributed by atoms with Gasteiger partial charge in [0.25, 0.3) is 0 Å². The lowest BCUT2D eigenvalue weighted by molar-refractivity contribution is 0.820. The molecule has 0 atom stereocenters. The number of hydrogen-bond donors (Lipinski definition) is 0. The molecular weight excluding hydrogens is 332 g/mol. The van der Waals surface area contributed by atoms with Gasteiger partial charge in [0.1, 0.15) is 0 Å². The van der Waals surface area contributed by atoms with Gasteiger partial charge in [-0.2, -0.15) is 0 Å². The van der Waals surface area contributed by atoms with Gasteiger partial charge in [0.15, 0.2) is 0 Å². The SMILES string of the molecule is C[Si](C)(C)C1(C(c2ccccc2)c2ccccc2)SCCCS1. The Morgan fingerprint density at radius 2 is 1.22 bits per heavy atom. The van der Waals surface area contributed by atoms with Gasteiger partial charge in [-0.25, -0.2) is 0 Å². The molecule has 1 saturated heterocycles. The molecule has 23 heavy (non-hydrogen) atoms. The molecule has 0 unspecified atom stereocenters. The van der Waals surface area contributed by atoms with Gasteiger partial charge in [-0.15, -0.1) is 23.5 Å². The van der Waals surface area contributed by atoms with Crippen molar-refractivity contribution in [3.63, 3.8) is 0 Å². The molecule has 0 N–H and O–H groups in total. The van der Waals surface area contributed by atoms with Gasteiger partial charge in [-0.05, 0) is 29.1 Å². The second-order valence-corrected chi connectivity index (χ2v) is 16.2. The van der Waals surface area contributed by atoms with Crippen molar-refractivity contribution in [3.8, 4) is 0 Å². The minimum Gasteiger partial charge on any atom is -0.147 e. The Morgan fingerprint density at radius 1 is 0.783 bits per heavy atom. The zero-order valence-electron chi connectivity index (χ0n) is 14.3. The predicted octanol–water partition coefficient (Wildman–Crippen LogP) is 6.26. The largest absolute Gasteiger partial charge is 0.147 e. The van der Waals surface area contributed by atoms with Crippen LogP contribution in [0.1, 0.15) is 23.5 Å². The van der Waals surface area contributed by atoms with Gasteiger partial charge in [0, 0.05) is 5.92 Å². The van der Waals surface area contributed by atoms with Crippen molar-refractivity contribution in [2.45, 2.75) is 35.7 Å². The number of thioether (sulfide) groups is 2. The molecule has 0 aliphatic carbocycles. The number of rotatable bonds is 4. The molecule has 2 aromatic rings. The second-order valence-electron chi connectivity index (χ2n) is 7.22. The van der Waals surface area contributed by atoms with Crippen LogP contribution < -0.4 is 0 Å².